The second-order valence-electron chi connectivity index (χ2n) is 13.4. The summed E-state index contributed by atoms with van der Waals surface area (Å²) in [6, 6.07) is 18.4. The molecule has 16 heteroatoms. The van der Waals surface area contributed by atoms with Gasteiger partial charge in [-0.1, -0.05) is 42.5 Å². The Kier molecular flexibility index (Phi) is 8.91. The van der Waals surface area contributed by atoms with Crippen LogP contribution in [0.1, 0.15) is 40.0 Å². The Morgan fingerprint density at radius 1 is 0.840 bits per heavy atom. The molecule has 264 valence electrons. The summed E-state index contributed by atoms with van der Waals surface area (Å²) < 4.78 is 55.2. The summed E-state index contributed by atoms with van der Waals surface area (Å²) in [6.07, 6.45) is 1.19. The highest BCUT2D eigenvalue weighted by Crippen LogP contribution is 2.74. The molecule has 0 radical (unpaired) electrons. The number of benzene rings is 2. The van der Waals surface area contributed by atoms with E-state index in [1.807, 2.05) is 74.5 Å². The van der Waals surface area contributed by atoms with E-state index in [2.05, 4.69) is 9.97 Å². The van der Waals surface area contributed by atoms with E-state index in [0.717, 1.165) is 9.79 Å². The molecule has 0 saturated carbocycles. The third kappa shape index (κ3) is 6.42. The molecule has 1 aliphatic carbocycles. The van der Waals surface area contributed by atoms with E-state index < -0.39 is 60.1 Å². The third-order valence-corrected chi connectivity index (χ3v) is 15.4. The van der Waals surface area contributed by atoms with Crippen molar-refractivity contribution in [1.82, 2.24) is 19.1 Å². The van der Waals surface area contributed by atoms with Gasteiger partial charge in [0.05, 0.1) is 25.6 Å². The van der Waals surface area contributed by atoms with E-state index in [-0.39, 0.29) is 24.3 Å². The van der Waals surface area contributed by atoms with Crippen LogP contribution in [0.5, 0.6) is 0 Å². The zero-order valence-corrected chi connectivity index (χ0v) is 30.3. The number of rotatable bonds is 10. The van der Waals surface area contributed by atoms with Crippen LogP contribution in [0.25, 0.3) is 11.2 Å². The van der Waals surface area contributed by atoms with Gasteiger partial charge in [-0.15, -0.1) is 0 Å². The molecule has 8 rings (SSSR count). The number of aromatic nitrogens is 4. The van der Waals surface area contributed by atoms with Crippen LogP contribution in [0.15, 0.2) is 99.6 Å². The smallest absolute Gasteiger partial charge is 0.322 e. The van der Waals surface area contributed by atoms with Crippen molar-refractivity contribution in [3.8, 4) is 0 Å². The van der Waals surface area contributed by atoms with Crippen LogP contribution >= 0.6 is 28.5 Å². The maximum atomic E-state index is 14.4. The first-order valence-corrected chi connectivity index (χ1v) is 20.8. The number of aliphatic hydroxyl groups excluding tert-OH is 1. The molecule has 13 nitrogen and oxygen atoms in total. The molecular weight excluding hydrogens is 704 g/mol. The van der Waals surface area contributed by atoms with Gasteiger partial charge in [0.2, 0.25) is 0 Å². The second-order valence-corrected chi connectivity index (χ2v) is 20.5. The van der Waals surface area contributed by atoms with Gasteiger partial charge in [-0.05, 0) is 80.3 Å². The van der Waals surface area contributed by atoms with Crippen LogP contribution in [0.4, 0.5) is 0 Å². The molecule has 50 heavy (non-hydrogen) atoms. The molecule has 1 N–H and O–H groups in total. The second kappa shape index (κ2) is 13.0. The van der Waals surface area contributed by atoms with Gasteiger partial charge in [0.1, 0.15) is 36.8 Å². The maximum absolute atomic E-state index is 14.4. The molecule has 4 aromatic rings. The van der Waals surface area contributed by atoms with E-state index in [9.17, 15) is 14.5 Å². The zero-order chi connectivity index (χ0) is 34.8. The van der Waals surface area contributed by atoms with Crippen LogP contribution in [0, 0.1) is 0 Å². The molecule has 3 saturated heterocycles. The molecule has 5 heterocycles. The van der Waals surface area contributed by atoms with Crippen molar-refractivity contribution in [2.75, 3.05) is 13.2 Å². The van der Waals surface area contributed by atoms with Gasteiger partial charge >= 0.3 is 5.77 Å². The molecule has 3 aliphatic heterocycles. The number of aliphatic hydroxyl groups is 1. The number of imidazole rings is 1. The van der Waals surface area contributed by atoms with Gasteiger partial charge < -0.3 is 33.3 Å². The van der Waals surface area contributed by atoms with Gasteiger partial charge in [-0.2, -0.15) is 0 Å². The van der Waals surface area contributed by atoms with Crippen molar-refractivity contribution in [3.63, 3.8) is 0 Å². The summed E-state index contributed by atoms with van der Waals surface area (Å²) >= 11 is 2.37. The van der Waals surface area contributed by atoms with Gasteiger partial charge in [0, 0.05) is 9.79 Å². The summed E-state index contributed by atoms with van der Waals surface area (Å²) in [5.41, 5.74) is 0.710. The lowest BCUT2D eigenvalue weighted by Crippen LogP contribution is -2.34. The lowest BCUT2D eigenvalue weighted by atomic mass is 10.1. The fourth-order valence-corrected chi connectivity index (χ4v) is 13.4. The van der Waals surface area contributed by atoms with Gasteiger partial charge in [-0.25, -0.2) is 9.97 Å². The Balaban J connectivity index is 1.07. The molecule has 0 spiro atoms. The van der Waals surface area contributed by atoms with Crippen molar-refractivity contribution in [2.24, 2.45) is 0 Å². The minimum absolute atomic E-state index is 0.0386. The highest BCUT2D eigenvalue weighted by atomic mass is 33.1. The quantitative estimate of drug-likeness (QED) is 0.157. The summed E-state index contributed by atoms with van der Waals surface area (Å²) in [5, 5.41) is 9.98. The molecular formula is C34H37N4O9PS2. The molecule has 3 fully saturated rings. The Labute approximate surface area is 296 Å². The van der Waals surface area contributed by atoms with Crippen molar-refractivity contribution in [3.05, 3.63) is 95.3 Å². The summed E-state index contributed by atoms with van der Waals surface area (Å²) in [5.74, 6) is -5.21. The van der Waals surface area contributed by atoms with Crippen molar-refractivity contribution in [2.45, 2.75) is 91.8 Å². The highest BCUT2D eigenvalue weighted by Gasteiger charge is 2.57. The van der Waals surface area contributed by atoms with Crippen molar-refractivity contribution < 1.29 is 37.9 Å². The molecule has 4 aliphatic rings. The lowest BCUT2D eigenvalue weighted by molar-refractivity contribution is -0.198. The van der Waals surface area contributed by atoms with Crippen molar-refractivity contribution >= 4 is 39.7 Å². The normalized spacial score (nSPS) is 29.7. The third-order valence-electron chi connectivity index (χ3n) is 8.95. The highest BCUT2D eigenvalue weighted by molar-refractivity contribution is 8.89. The fourth-order valence-electron chi connectivity index (χ4n) is 6.91. The first-order chi connectivity index (χ1) is 23.9. The summed E-state index contributed by atoms with van der Waals surface area (Å²) in [7, 11) is 0. The van der Waals surface area contributed by atoms with E-state index in [1.54, 1.807) is 24.5 Å². The average Bonchev–Trinajstić information content (AvgIpc) is 3.87. The van der Waals surface area contributed by atoms with Gasteiger partial charge in [-0.3, -0.25) is 18.5 Å². The van der Waals surface area contributed by atoms with Crippen LogP contribution in [-0.2, 0) is 32.8 Å². The number of ether oxygens (including phenoxy) is 5. The lowest BCUT2D eigenvalue weighted by Gasteiger charge is -2.25. The number of fused-ring (bicyclic) bond motifs is 3. The minimum atomic E-state index is -3.41. The summed E-state index contributed by atoms with van der Waals surface area (Å²) in [4.78, 5) is 24.7. The fraction of sp³-hybridized carbons (Fsp3) is 0.441. The molecule has 7 atom stereocenters. The molecule has 2 aromatic carbocycles. The average molecular weight is 741 g/mol. The molecule has 0 amide bonds. The Bertz CT molecular complexity index is 1980. The maximum Gasteiger partial charge on any atom is 0.322 e. The first-order valence-electron chi connectivity index (χ1n) is 16.3. The van der Waals surface area contributed by atoms with Gasteiger partial charge in [0.25, 0.3) is 5.56 Å². The van der Waals surface area contributed by atoms with E-state index in [1.165, 1.54) is 40.0 Å². The van der Waals surface area contributed by atoms with Crippen LogP contribution in [-0.4, -0.2) is 79.5 Å². The Morgan fingerprint density at radius 3 is 2.10 bits per heavy atom. The SMILES string of the molecule is CC1(C)O[C@@H]2[C@H](O1)[C@@H](COP(=O)(Sc1ccccc1)Sc1ccccc1)O[C@H]2n1cnc2c(=O)n([C@@H]3C=C(CO)[C@H]4OC(C)(C)O[C@H]43)cnc21. The number of hydrogen-bond acceptors (Lipinski definition) is 13. The zero-order valence-electron chi connectivity index (χ0n) is 27.7. The van der Waals surface area contributed by atoms with Crippen LogP contribution in [0.3, 0.4) is 0 Å². The predicted molar refractivity (Wildman–Crippen MR) is 186 cm³/mol. The Morgan fingerprint density at radius 2 is 1.44 bits per heavy atom. The van der Waals surface area contributed by atoms with Crippen molar-refractivity contribution in [1.29, 1.82) is 0 Å². The van der Waals surface area contributed by atoms with E-state index in [4.69, 9.17) is 28.2 Å². The summed E-state index contributed by atoms with van der Waals surface area (Å²) in [6.45, 7) is 6.99. The molecule has 0 unspecified atom stereocenters. The van der Waals surface area contributed by atoms with Gasteiger partial charge in [0.15, 0.2) is 29.0 Å². The topological polar surface area (TPSA) is 145 Å². The van der Waals surface area contributed by atoms with Crippen LogP contribution < -0.4 is 5.56 Å². The standard InChI is InChI=1S/C34H37N4O9PS2/c1-33(2)44-26-20(16-39)15-23(27(26)45-33)37-19-36-30-25(31(37)40)35-18-38(30)32-29-28(46-34(3,4)47-29)24(43-32)17-42-48(41,49-21-11-7-5-8-12-21)50-22-13-9-6-10-14-22/h5-15,18-19,23-24,26-29,32,39H,16-17H2,1-4H3/t23-,24-,26-,27+,28-,29-,32-/m1/s1. The number of hydrogen-bond donors (Lipinski definition) is 1. The number of nitrogens with zero attached hydrogens (tertiary/aromatic N) is 4. The molecule has 0 bridgehead atoms. The minimum Gasteiger partial charge on any atom is -0.392 e. The predicted octanol–water partition coefficient (Wildman–Crippen LogP) is 5.71. The molecule has 2 aromatic heterocycles. The monoisotopic (exact) mass is 740 g/mol. The van der Waals surface area contributed by atoms with E-state index in [0.29, 0.717) is 11.2 Å². The van der Waals surface area contributed by atoms with E-state index >= 15 is 0 Å². The first kappa shape index (κ1) is 34.3. The Hall–Kier alpha value is -2.82. The largest absolute Gasteiger partial charge is 0.392 e. The van der Waals surface area contributed by atoms with Crippen LogP contribution in [0.2, 0.25) is 0 Å².